The lowest BCUT2D eigenvalue weighted by atomic mass is 9.82. The first-order valence-corrected chi connectivity index (χ1v) is 22.5. The number of benzene rings is 6. The molecular weight excluding hydrogens is 773 g/mol. The predicted molar refractivity (Wildman–Crippen MR) is 284 cm³/mol. The molecule has 1 N–H and O–H groups in total. The van der Waals surface area contributed by atoms with Crippen LogP contribution in [0, 0.1) is 19.3 Å². The topological polar surface area (TPSA) is 24.4 Å². The van der Waals surface area contributed by atoms with Crippen molar-refractivity contribution in [3.05, 3.63) is 214 Å². The zero-order chi connectivity index (χ0) is 45.6. The number of nitrogens with zero attached hydrogens (tertiary/aromatic N) is 1. The molecule has 320 valence electrons. The molecule has 2 nitrogen and oxygen atoms in total. The fourth-order valence-corrected chi connectivity index (χ4v) is 8.85. The number of hydrogen-bond donors (Lipinski definition) is 1. The Kier molecular flexibility index (Phi) is 16.2. The summed E-state index contributed by atoms with van der Waals surface area (Å²) in [7, 11) is 1.98. The minimum Gasteiger partial charge on any atom is -0.310 e. The molecule has 0 saturated heterocycles. The van der Waals surface area contributed by atoms with Crippen molar-refractivity contribution in [3.63, 3.8) is 0 Å². The smallest absolute Gasteiger partial charge is 0.0673 e. The van der Waals surface area contributed by atoms with Gasteiger partial charge in [-0.05, 0) is 185 Å². The van der Waals surface area contributed by atoms with E-state index in [-0.39, 0.29) is 6.04 Å². The molecule has 0 radical (unpaired) electrons. The number of terminal acetylenes is 1. The number of nitrogens with one attached hydrogen (secondary N) is 1. The van der Waals surface area contributed by atoms with E-state index in [0.717, 1.165) is 48.1 Å². The third-order valence-corrected chi connectivity index (χ3v) is 11.9. The van der Waals surface area contributed by atoms with Crippen LogP contribution < -0.4 is 5.32 Å². The molecule has 0 spiro atoms. The molecule has 6 aromatic carbocycles. The number of fused-ring (bicyclic) bond motifs is 2. The summed E-state index contributed by atoms with van der Waals surface area (Å²) in [5.74, 6) is 2.72. The molecule has 7 rings (SSSR count). The number of aliphatic imine (C=N–C) groups is 1. The molecule has 0 amide bonds. The highest BCUT2D eigenvalue weighted by Crippen LogP contribution is 2.38. The summed E-state index contributed by atoms with van der Waals surface area (Å²) in [6, 6.07) is 38.8. The number of likely N-dealkylation sites (N-methyl/N-ethyl adjacent to an activating group) is 1. The van der Waals surface area contributed by atoms with Crippen molar-refractivity contribution in [2.24, 2.45) is 4.99 Å². The van der Waals surface area contributed by atoms with Crippen LogP contribution in [-0.2, 0) is 12.8 Å². The summed E-state index contributed by atoms with van der Waals surface area (Å²) in [5.41, 5.74) is 20.2. The Balaban J connectivity index is 0.000000251. The van der Waals surface area contributed by atoms with Gasteiger partial charge in [0.1, 0.15) is 0 Å². The van der Waals surface area contributed by atoms with Gasteiger partial charge >= 0.3 is 0 Å². The second-order valence-corrected chi connectivity index (χ2v) is 16.2. The fourth-order valence-electron chi connectivity index (χ4n) is 8.85. The standard InChI is InChI=1S/C39H36N2.C23H26/c1-6-13-36-34(7-2)37(25-31-16-11-12-17-35(31)36)32-22-27(3)23-33(24-32)39(41-5)26-38(40-4)30-20-18-29(19-21-30)28-14-9-8-10-15-28;1-6-12-22-20(9-4)23(18(8-3)15-17(5)7-2)16-19-13-10-11-14-21(19)22/h6-26,39,41H,2,4H2,1,3,5H3;2,8-10,13,15-16H,4,6,11-12,14H2,1,3,5H3/b13-6-,38-26-;17-15-,18-8+. The van der Waals surface area contributed by atoms with Crippen LogP contribution in [0.25, 0.3) is 68.6 Å². The molecule has 0 heterocycles. The maximum Gasteiger partial charge on any atom is 0.0673 e. The lowest BCUT2D eigenvalue weighted by Gasteiger charge is -2.22. The highest BCUT2D eigenvalue weighted by atomic mass is 14.9. The highest BCUT2D eigenvalue weighted by Gasteiger charge is 2.18. The van der Waals surface area contributed by atoms with Crippen molar-refractivity contribution in [2.75, 3.05) is 7.05 Å². The number of hydrogen-bond acceptors (Lipinski definition) is 2. The van der Waals surface area contributed by atoms with Crippen LogP contribution in [0.2, 0.25) is 0 Å². The Labute approximate surface area is 383 Å². The summed E-state index contributed by atoms with van der Waals surface area (Å²) in [6.07, 6.45) is 29.2. The minimum absolute atomic E-state index is 0.0504. The molecule has 1 unspecified atom stereocenters. The van der Waals surface area contributed by atoms with Crippen LogP contribution in [0.4, 0.5) is 0 Å². The maximum absolute atomic E-state index is 5.54. The quantitative estimate of drug-likeness (QED) is 0.0660. The van der Waals surface area contributed by atoms with Crippen molar-refractivity contribution < 1.29 is 0 Å². The lowest BCUT2D eigenvalue weighted by Crippen LogP contribution is -2.14. The molecule has 0 aliphatic heterocycles. The summed E-state index contributed by atoms with van der Waals surface area (Å²) in [4.78, 5) is 4.42. The molecule has 1 aliphatic rings. The Hall–Kier alpha value is -7.05. The van der Waals surface area contributed by atoms with Gasteiger partial charge in [-0.25, -0.2) is 0 Å². The molecule has 1 aliphatic carbocycles. The van der Waals surface area contributed by atoms with E-state index in [1.165, 1.54) is 83.1 Å². The van der Waals surface area contributed by atoms with Gasteiger partial charge in [0, 0.05) is 0 Å². The molecular formula is C62H62N2. The van der Waals surface area contributed by atoms with Gasteiger partial charge < -0.3 is 5.32 Å². The minimum atomic E-state index is -0.0504. The Bertz CT molecular complexity index is 2850. The number of aryl methyl sites for hydroxylation is 1. The van der Waals surface area contributed by atoms with Gasteiger partial charge in [-0.3, -0.25) is 4.99 Å². The van der Waals surface area contributed by atoms with Gasteiger partial charge in [0.2, 0.25) is 0 Å². The maximum atomic E-state index is 5.54. The fraction of sp³-hybridized carbons (Fsp3) is 0.177. The van der Waals surface area contributed by atoms with Crippen LogP contribution in [-0.4, -0.2) is 13.8 Å². The van der Waals surface area contributed by atoms with Crippen LogP contribution in [0.1, 0.15) is 102 Å². The molecule has 6 aromatic rings. The van der Waals surface area contributed by atoms with Crippen molar-refractivity contribution in [1.29, 1.82) is 0 Å². The van der Waals surface area contributed by atoms with Gasteiger partial charge in [0.15, 0.2) is 0 Å². The van der Waals surface area contributed by atoms with Crippen LogP contribution in [0.15, 0.2) is 163 Å². The Morgan fingerprint density at radius 1 is 0.859 bits per heavy atom. The molecule has 0 aromatic heterocycles. The average molecular weight is 835 g/mol. The van der Waals surface area contributed by atoms with E-state index in [9.17, 15) is 0 Å². The van der Waals surface area contributed by atoms with Crippen LogP contribution in [0.3, 0.4) is 0 Å². The van der Waals surface area contributed by atoms with Crippen molar-refractivity contribution in [2.45, 2.75) is 66.3 Å². The third-order valence-electron chi connectivity index (χ3n) is 11.9. The van der Waals surface area contributed by atoms with Crippen LogP contribution >= 0.6 is 0 Å². The second-order valence-electron chi connectivity index (χ2n) is 16.2. The normalized spacial score (nSPS) is 13.2. The zero-order valence-corrected chi connectivity index (χ0v) is 38.6. The second kappa shape index (κ2) is 22.3. The molecule has 0 bridgehead atoms. The summed E-state index contributed by atoms with van der Waals surface area (Å²) in [5, 5.41) is 5.93. The van der Waals surface area contributed by atoms with Gasteiger partial charge in [-0.15, -0.1) is 6.42 Å². The third kappa shape index (κ3) is 10.6. The molecule has 1 atom stereocenters. The SMILES string of the molecule is C#C/C(C)=C\C(=C/C)c1cc2c(c(CCC)c1C=C)CCC=C2.C=Cc1c(-c2cc(C)cc(C(/C=C(\N=C)c3ccc(-c4ccccc4)cc3)NC)c2)cc2ccccc2c1/C=C\C. The summed E-state index contributed by atoms with van der Waals surface area (Å²) in [6.45, 7) is 22.7. The molecule has 2 heteroatoms. The average Bonchev–Trinajstić information content (AvgIpc) is 3.33. The van der Waals surface area contributed by atoms with Gasteiger partial charge in [-0.2, -0.15) is 0 Å². The first kappa shape index (κ1) is 46.5. The monoisotopic (exact) mass is 834 g/mol. The lowest BCUT2D eigenvalue weighted by molar-refractivity contribution is 0.715. The van der Waals surface area contributed by atoms with E-state index in [1.807, 2.05) is 32.2 Å². The van der Waals surface area contributed by atoms with E-state index < -0.39 is 0 Å². The molecule has 0 saturated carbocycles. The largest absolute Gasteiger partial charge is 0.310 e. The van der Waals surface area contributed by atoms with Gasteiger partial charge in [-0.1, -0.05) is 172 Å². The van der Waals surface area contributed by atoms with Crippen molar-refractivity contribution in [3.8, 4) is 34.6 Å². The van der Waals surface area contributed by atoms with E-state index in [4.69, 9.17) is 6.42 Å². The molecule has 64 heavy (non-hydrogen) atoms. The molecule has 0 fully saturated rings. The van der Waals surface area contributed by atoms with E-state index in [1.54, 1.807) is 0 Å². The van der Waals surface area contributed by atoms with Gasteiger partial charge in [0.25, 0.3) is 0 Å². The zero-order valence-electron chi connectivity index (χ0n) is 38.6. The first-order chi connectivity index (χ1) is 31.2. The predicted octanol–water partition coefficient (Wildman–Crippen LogP) is 16.4. The van der Waals surface area contributed by atoms with Crippen molar-refractivity contribution in [1.82, 2.24) is 5.32 Å². The highest BCUT2D eigenvalue weighted by molar-refractivity contribution is 6.00. The van der Waals surface area contributed by atoms with Crippen molar-refractivity contribution >= 4 is 53.1 Å². The summed E-state index contributed by atoms with van der Waals surface area (Å²) < 4.78 is 0. The first-order valence-electron chi connectivity index (χ1n) is 22.5. The van der Waals surface area contributed by atoms with Crippen LogP contribution in [0.5, 0.6) is 0 Å². The number of rotatable bonds is 14. The Morgan fingerprint density at radius 3 is 2.23 bits per heavy atom. The Morgan fingerprint density at radius 2 is 1.58 bits per heavy atom. The van der Waals surface area contributed by atoms with Gasteiger partial charge in [0.05, 0.1) is 11.7 Å². The van der Waals surface area contributed by atoms with E-state index in [2.05, 4.69) is 209 Å². The summed E-state index contributed by atoms with van der Waals surface area (Å²) >= 11 is 0. The van der Waals surface area contributed by atoms with E-state index in [0.29, 0.717) is 0 Å². The number of allylic oxidation sites excluding steroid dienone is 6. The van der Waals surface area contributed by atoms with E-state index >= 15 is 0 Å².